The van der Waals surface area contributed by atoms with Gasteiger partial charge in [0.2, 0.25) is 0 Å². The van der Waals surface area contributed by atoms with Crippen LogP contribution in [0.1, 0.15) is 32.1 Å². The van der Waals surface area contributed by atoms with Gasteiger partial charge >= 0.3 is 5.97 Å². The molecule has 1 rings (SSSR count). The predicted molar refractivity (Wildman–Crippen MR) is 68.8 cm³/mol. The zero-order valence-electron chi connectivity index (χ0n) is 11.1. The van der Waals surface area contributed by atoms with Crippen LogP contribution in [0, 0.1) is 0 Å². The lowest BCUT2D eigenvalue weighted by Crippen LogP contribution is -2.48. The molecule has 8 heteroatoms. The molecule has 0 spiro atoms. The van der Waals surface area contributed by atoms with Gasteiger partial charge in [-0.15, -0.1) is 0 Å². The maximum absolute atomic E-state index is 10.1. The standard InChI is InChI=1S/C6H13N.C6H10O7/c7-6-4-2-1-3-5-6;7-1-2(8)3(9)4(10)5(11)6(12)13/h6H,1-5,7H2;1-5,8-11H,(H,12,13)/t;2-,3+,4-,5-/m.0/s1. The van der Waals surface area contributed by atoms with E-state index in [1.165, 1.54) is 32.1 Å². The van der Waals surface area contributed by atoms with Crippen molar-refractivity contribution < 1.29 is 35.1 Å². The monoisotopic (exact) mass is 293 g/mol. The van der Waals surface area contributed by atoms with Gasteiger partial charge < -0.3 is 36.1 Å². The van der Waals surface area contributed by atoms with E-state index in [0.29, 0.717) is 6.04 Å². The maximum atomic E-state index is 10.1. The van der Waals surface area contributed by atoms with E-state index in [9.17, 15) is 9.59 Å². The molecule has 1 saturated carbocycles. The van der Waals surface area contributed by atoms with Gasteiger partial charge in [-0.05, 0) is 12.8 Å². The number of carboxylic acid groups (broad SMARTS) is 1. The fraction of sp³-hybridized carbons (Fsp3) is 0.833. The summed E-state index contributed by atoms with van der Waals surface area (Å²) < 4.78 is 0. The topological polar surface area (TPSA) is 161 Å². The van der Waals surface area contributed by atoms with Gasteiger partial charge in [-0.1, -0.05) is 19.3 Å². The number of aliphatic hydroxyl groups excluding tert-OH is 4. The number of rotatable bonds is 5. The molecule has 0 radical (unpaired) electrons. The minimum Gasteiger partial charge on any atom is -0.479 e. The number of carboxylic acids is 1. The second kappa shape index (κ2) is 9.78. The van der Waals surface area contributed by atoms with Gasteiger partial charge in [0.25, 0.3) is 0 Å². The van der Waals surface area contributed by atoms with Crippen molar-refractivity contribution in [1.29, 1.82) is 0 Å². The Hall–Kier alpha value is -1.06. The van der Waals surface area contributed by atoms with Crippen LogP contribution < -0.4 is 5.73 Å². The van der Waals surface area contributed by atoms with Crippen LogP contribution >= 0.6 is 0 Å². The summed E-state index contributed by atoms with van der Waals surface area (Å²) in [5, 5.41) is 43.2. The first-order chi connectivity index (χ1) is 9.31. The molecule has 0 amide bonds. The second-order valence-electron chi connectivity index (χ2n) is 4.79. The van der Waals surface area contributed by atoms with E-state index in [-0.39, 0.29) is 6.29 Å². The summed E-state index contributed by atoms with van der Waals surface area (Å²) in [7, 11) is 0. The lowest BCUT2D eigenvalue weighted by atomic mass is 9.97. The molecule has 0 aromatic rings. The maximum Gasteiger partial charge on any atom is 0.335 e. The van der Waals surface area contributed by atoms with Crippen LogP contribution in [0.25, 0.3) is 0 Å². The van der Waals surface area contributed by atoms with E-state index >= 15 is 0 Å². The lowest BCUT2D eigenvalue weighted by Gasteiger charge is -2.21. The molecule has 1 aliphatic carbocycles. The van der Waals surface area contributed by atoms with Crippen molar-refractivity contribution in [3.63, 3.8) is 0 Å². The van der Waals surface area contributed by atoms with Gasteiger partial charge in [-0.25, -0.2) is 4.79 Å². The largest absolute Gasteiger partial charge is 0.479 e. The molecule has 0 aliphatic heterocycles. The Kier molecular flexibility index (Phi) is 9.26. The molecule has 20 heavy (non-hydrogen) atoms. The van der Waals surface area contributed by atoms with Gasteiger partial charge in [0.1, 0.15) is 18.3 Å². The lowest BCUT2D eigenvalue weighted by molar-refractivity contribution is -0.163. The van der Waals surface area contributed by atoms with Crippen LogP contribution in [-0.4, -0.2) is 68.2 Å². The van der Waals surface area contributed by atoms with E-state index in [0.717, 1.165) is 0 Å². The molecule has 0 unspecified atom stereocenters. The van der Waals surface area contributed by atoms with E-state index in [2.05, 4.69) is 0 Å². The van der Waals surface area contributed by atoms with Crippen LogP contribution in [0.5, 0.6) is 0 Å². The summed E-state index contributed by atoms with van der Waals surface area (Å²) in [6, 6.07) is 0.536. The Labute approximate surface area is 116 Å². The van der Waals surface area contributed by atoms with Crippen molar-refractivity contribution in [3.8, 4) is 0 Å². The summed E-state index contributed by atoms with van der Waals surface area (Å²) in [5.74, 6) is -1.76. The molecule has 0 aromatic carbocycles. The van der Waals surface area contributed by atoms with E-state index in [1.54, 1.807) is 0 Å². The summed E-state index contributed by atoms with van der Waals surface area (Å²) >= 11 is 0. The highest BCUT2D eigenvalue weighted by Gasteiger charge is 2.33. The molecular formula is C12H23NO7. The van der Waals surface area contributed by atoms with Gasteiger partial charge in [-0.2, -0.15) is 0 Å². The highest BCUT2D eigenvalue weighted by molar-refractivity contribution is 5.73. The average Bonchev–Trinajstić information content (AvgIpc) is 2.45. The van der Waals surface area contributed by atoms with Crippen LogP contribution in [0.3, 0.4) is 0 Å². The minimum absolute atomic E-state index is 0.0809. The number of aldehydes is 1. The number of carbonyl (C=O) groups excluding carboxylic acids is 1. The minimum atomic E-state index is -2.25. The van der Waals surface area contributed by atoms with Crippen molar-refractivity contribution in [2.45, 2.75) is 62.6 Å². The Morgan fingerprint density at radius 1 is 1.05 bits per heavy atom. The first-order valence-electron chi connectivity index (χ1n) is 6.47. The molecule has 0 aromatic heterocycles. The normalized spacial score (nSPS) is 21.9. The van der Waals surface area contributed by atoms with Gasteiger partial charge in [0.05, 0.1) is 0 Å². The fourth-order valence-electron chi connectivity index (χ4n) is 1.75. The summed E-state index contributed by atoms with van der Waals surface area (Å²) in [4.78, 5) is 20.0. The Bertz CT molecular complexity index is 294. The third kappa shape index (κ3) is 6.92. The second-order valence-corrected chi connectivity index (χ2v) is 4.79. The van der Waals surface area contributed by atoms with Crippen LogP contribution in [0.15, 0.2) is 0 Å². The Morgan fingerprint density at radius 3 is 1.85 bits per heavy atom. The SMILES string of the molecule is NC1CCCCC1.O=C[C@H](O)[C@@H](O)[C@H](O)[C@H](O)C(=O)O. The zero-order valence-corrected chi connectivity index (χ0v) is 11.1. The number of hydrogen-bond acceptors (Lipinski definition) is 7. The highest BCUT2D eigenvalue weighted by Crippen LogP contribution is 2.14. The zero-order chi connectivity index (χ0) is 15.7. The third-order valence-corrected chi connectivity index (χ3v) is 3.07. The van der Waals surface area contributed by atoms with Crippen molar-refractivity contribution in [2.75, 3.05) is 0 Å². The third-order valence-electron chi connectivity index (χ3n) is 3.07. The number of nitrogens with two attached hydrogens (primary N) is 1. The van der Waals surface area contributed by atoms with Crippen LogP contribution in [-0.2, 0) is 9.59 Å². The average molecular weight is 293 g/mol. The summed E-state index contributed by atoms with van der Waals surface area (Å²) in [5.41, 5.74) is 5.63. The molecule has 0 bridgehead atoms. The molecule has 1 aliphatic rings. The highest BCUT2D eigenvalue weighted by atomic mass is 16.4. The molecule has 0 heterocycles. The van der Waals surface area contributed by atoms with Gasteiger partial charge in [0.15, 0.2) is 12.4 Å². The van der Waals surface area contributed by atoms with Crippen molar-refractivity contribution in [1.82, 2.24) is 0 Å². The molecule has 7 N–H and O–H groups in total. The number of hydrogen-bond donors (Lipinski definition) is 6. The van der Waals surface area contributed by atoms with Crippen molar-refractivity contribution >= 4 is 12.3 Å². The molecule has 8 nitrogen and oxygen atoms in total. The van der Waals surface area contributed by atoms with E-state index in [1.807, 2.05) is 0 Å². The summed E-state index contributed by atoms with van der Waals surface area (Å²) in [6.45, 7) is 0. The Balaban J connectivity index is 0.000000428. The molecular weight excluding hydrogens is 270 g/mol. The van der Waals surface area contributed by atoms with Crippen LogP contribution in [0.2, 0.25) is 0 Å². The quantitative estimate of drug-likeness (QED) is 0.317. The van der Waals surface area contributed by atoms with Gasteiger partial charge in [-0.3, -0.25) is 0 Å². The molecule has 0 saturated heterocycles. The van der Waals surface area contributed by atoms with Crippen molar-refractivity contribution in [3.05, 3.63) is 0 Å². The summed E-state index contributed by atoms with van der Waals surface area (Å²) in [6.07, 6.45) is -1.73. The first-order valence-corrected chi connectivity index (χ1v) is 6.47. The predicted octanol–water partition coefficient (Wildman–Crippen LogP) is -2.01. The van der Waals surface area contributed by atoms with E-state index < -0.39 is 30.4 Å². The van der Waals surface area contributed by atoms with Gasteiger partial charge in [0, 0.05) is 6.04 Å². The first kappa shape index (κ1) is 18.9. The molecule has 1 fully saturated rings. The number of aliphatic hydroxyl groups is 4. The number of carbonyl (C=O) groups is 2. The molecule has 118 valence electrons. The van der Waals surface area contributed by atoms with Crippen LogP contribution in [0.4, 0.5) is 0 Å². The Morgan fingerprint density at radius 2 is 1.55 bits per heavy atom. The van der Waals surface area contributed by atoms with E-state index in [4.69, 9.17) is 31.3 Å². The number of aliphatic carboxylic acids is 1. The van der Waals surface area contributed by atoms with Crippen molar-refractivity contribution in [2.24, 2.45) is 5.73 Å². The smallest absolute Gasteiger partial charge is 0.335 e. The molecule has 4 atom stereocenters. The fourth-order valence-corrected chi connectivity index (χ4v) is 1.75.